The van der Waals surface area contributed by atoms with Crippen LogP contribution in [-0.4, -0.2) is 28.7 Å². The number of hydrogen-bond donors (Lipinski definition) is 0. The average Bonchev–Trinajstić information content (AvgIpc) is 2.26. The van der Waals surface area contributed by atoms with Crippen molar-refractivity contribution in [3.63, 3.8) is 0 Å². The Labute approximate surface area is 99.8 Å². The molecule has 3 heteroatoms. The molecule has 0 spiro atoms. The lowest BCUT2D eigenvalue weighted by Gasteiger charge is -2.33. The fourth-order valence-electron chi connectivity index (χ4n) is 2.41. The lowest BCUT2D eigenvalue weighted by atomic mass is 9.93. The Kier molecular flexibility index (Phi) is 3.84. The molecule has 0 aromatic carbocycles. The van der Waals surface area contributed by atoms with E-state index in [1.54, 1.807) is 0 Å². The van der Waals surface area contributed by atoms with Crippen molar-refractivity contribution in [2.45, 2.75) is 36.9 Å². The number of amides is 1. The Morgan fingerprint density at radius 2 is 2.27 bits per heavy atom. The van der Waals surface area contributed by atoms with Gasteiger partial charge >= 0.3 is 0 Å². The van der Waals surface area contributed by atoms with Crippen LogP contribution in [0.25, 0.3) is 0 Å². The zero-order valence-corrected chi connectivity index (χ0v) is 10.6. The molecule has 2 atom stereocenters. The fraction of sp³-hybridized carbons (Fsp3) is 0.750. The van der Waals surface area contributed by atoms with Crippen molar-refractivity contribution in [3.8, 4) is 0 Å². The molecule has 0 N–H and O–H groups in total. The number of hydrogen-bond acceptors (Lipinski definition) is 1. The predicted molar refractivity (Wildman–Crippen MR) is 65.0 cm³/mol. The topological polar surface area (TPSA) is 20.3 Å². The first-order valence-corrected chi connectivity index (χ1v) is 6.77. The van der Waals surface area contributed by atoms with Crippen LogP contribution >= 0.6 is 15.9 Å². The molecule has 1 aliphatic heterocycles. The Balaban J connectivity index is 1.87. The normalized spacial score (nSPS) is 32.1. The van der Waals surface area contributed by atoms with E-state index in [0.717, 1.165) is 32.4 Å². The van der Waals surface area contributed by atoms with E-state index in [1.165, 1.54) is 12.8 Å². The molecule has 0 aromatic heterocycles. The Morgan fingerprint density at radius 3 is 3.00 bits per heavy atom. The van der Waals surface area contributed by atoms with Gasteiger partial charge in [-0.05, 0) is 38.0 Å². The average molecular weight is 272 g/mol. The highest BCUT2D eigenvalue weighted by Gasteiger charge is 2.27. The van der Waals surface area contributed by atoms with Crippen LogP contribution < -0.4 is 0 Å². The van der Waals surface area contributed by atoms with Gasteiger partial charge in [0.1, 0.15) is 0 Å². The Hall–Kier alpha value is -0.310. The lowest BCUT2D eigenvalue weighted by molar-refractivity contribution is -0.133. The summed E-state index contributed by atoms with van der Waals surface area (Å²) in [5.41, 5.74) is 0. The fourth-order valence-corrected chi connectivity index (χ4v) is 3.02. The van der Waals surface area contributed by atoms with Crippen LogP contribution in [0, 0.1) is 5.92 Å². The van der Waals surface area contributed by atoms with Crippen molar-refractivity contribution in [3.05, 3.63) is 12.2 Å². The van der Waals surface area contributed by atoms with Gasteiger partial charge in [-0.3, -0.25) is 4.79 Å². The summed E-state index contributed by atoms with van der Waals surface area (Å²) >= 11 is 3.45. The molecule has 2 nitrogen and oxygen atoms in total. The van der Waals surface area contributed by atoms with Crippen LogP contribution in [0.2, 0.25) is 0 Å². The molecule has 84 valence electrons. The minimum atomic E-state index is 0.0744. The van der Waals surface area contributed by atoms with Crippen LogP contribution in [0.4, 0.5) is 0 Å². The summed E-state index contributed by atoms with van der Waals surface area (Å²) in [6.07, 6.45) is 10.2. The number of allylic oxidation sites excluding steroid dienone is 2. The van der Waals surface area contributed by atoms with Crippen LogP contribution in [0.15, 0.2) is 12.2 Å². The molecule has 15 heavy (non-hydrogen) atoms. The number of piperidine rings is 1. The quantitative estimate of drug-likeness (QED) is 0.559. The van der Waals surface area contributed by atoms with Crippen molar-refractivity contribution >= 4 is 21.8 Å². The number of likely N-dealkylation sites (tertiary alicyclic amines) is 1. The SMILES string of the molecule is O=C1C(Br)CCCN1CC1CC=CCC1. The van der Waals surface area contributed by atoms with Crippen molar-refractivity contribution in [1.29, 1.82) is 0 Å². The van der Waals surface area contributed by atoms with Gasteiger partial charge in [-0.25, -0.2) is 0 Å². The molecule has 1 aliphatic carbocycles. The van der Waals surface area contributed by atoms with E-state index in [1.807, 2.05) is 4.90 Å². The van der Waals surface area contributed by atoms with E-state index < -0.39 is 0 Å². The summed E-state index contributed by atoms with van der Waals surface area (Å²) in [5.74, 6) is 0.993. The van der Waals surface area contributed by atoms with E-state index in [-0.39, 0.29) is 4.83 Å². The van der Waals surface area contributed by atoms with E-state index in [2.05, 4.69) is 28.1 Å². The molecule has 0 saturated carbocycles. The van der Waals surface area contributed by atoms with Crippen molar-refractivity contribution in [1.82, 2.24) is 4.90 Å². The third kappa shape index (κ3) is 2.83. The van der Waals surface area contributed by atoms with Crippen LogP contribution in [0.3, 0.4) is 0 Å². The smallest absolute Gasteiger partial charge is 0.236 e. The first-order chi connectivity index (χ1) is 7.27. The number of carbonyl (C=O) groups excluding carboxylic acids is 1. The molecule has 0 bridgehead atoms. The maximum absolute atomic E-state index is 11.9. The maximum atomic E-state index is 11.9. The van der Waals surface area contributed by atoms with Crippen molar-refractivity contribution in [2.75, 3.05) is 13.1 Å². The van der Waals surface area contributed by atoms with Gasteiger partial charge < -0.3 is 4.90 Å². The van der Waals surface area contributed by atoms with E-state index in [0.29, 0.717) is 11.8 Å². The predicted octanol–water partition coefficient (Wildman–Crippen LogP) is 2.73. The molecule has 0 aromatic rings. The van der Waals surface area contributed by atoms with Gasteiger partial charge in [0.25, 0.3) is 0 Å². The molecule has 1 fully saturated rings. The summed E-state index contributed by atoms with van der Waals surface area (Å²) in [6.45, 7) is 1.92. The highest BCUT2D eigenvalue weighted by atomic mass is 79.9. The summed E-state index contributed by atoms with van der Waals surface area (Å²) < 4.78 is 0. The maximum Gasteiger partial charge on any atom is 0.236 e. The third-order valence-electron chi connectivity index (χ3n) is 3.32. The molecule has 0 radical (unpaired) electrons. The van der Waals surface area contributed by atoms with Gasteiger partial charge in [-0.1, -0.05) is 28.1 Å². The second-order valence-electron chi connectivity index (χ2n) is 4.54. The molecule has 1 amide bonds. The number of nitrogens with zero attached hydrogens (tertiary/aromatic N) is 1. The molecular weight excluding hydrogens is 254 g/mol. The molecule has 2 unspecified atom stereocenters. The largest absolute Gasteiger partial charge is 0.341 e. The number of halogens is 1. The monoisotopic (exact) mass is 271 g/mol. The molecule has 1 heterocycles. The number of rotatable bonds is 2. The summed E-state index contributed by atoms with van der Waals surface area (Å²) in [5, 5.41) is 0. The number of alkyl halides is 1. The minimum Gasteiger partial charge on any atom is -0.341 e. The van der Waals surface area contributed by atoms with Crippen LogP contribution in [0.1, 0.15) is 32.1 Å². The standard InChI is InChI=1S/C12H18BrNO/c13-11-7-4-8-14(12(11)15)9-10-5-2-1-3-6-10/h1-2,10-11H,3-9H2. The minimum absolute atomic E-state index is 0.0744. The second kappa shape index (κ2) is 5.15. The first-order valence-electron chi connectivity index (χ1n) is 5.85. The number of carbonyl (C=O) groups is 1. The van der Waals surface area contributed by atoms with E-state index in [9.17, 15) is 4.79 Å². The molecule has 2 rings (SSSR count). The van der Waals surface area contributed by atoms with Gasteiger partial charge in [0.2, 0.25) is 5.91 Å². The van der Waals surface area contributed by atoms with Gasteiger partial charge in [0.05, 0.1) is 4.83 Å². The lowest BCUT2D eigenvalue weighted by Crippen LogP contribution is -2.44. The van der Waals surface area contributed by atoms with Crippen LogP contribution in [0.5, 0.6) is 0 Å². The second-order valence-corrected chi connectivity index (χ2v) is 5.65. The Bertz CT molecular complexity index is 264. The van der Waals surface area contributed by atoms with Gasteiger partial charge in [0.15, 0.2) is 0 Å². The third-order valence-corrected chi connectivity index (χ3v) is 4.17. The molecule has 2 aliphatic rings. The summed E-state index contributed by atoms with van der Waals surface area (Å²) in [4.78, 5) is 14.0. The van der Waals surface area contributed by atoms with Crippen LogP contribution in [-0.2, 0) is 4.79 Å². The zero-order chi connectivity index (χ0) is 10.7. The van der Waals surface area contributed by atoms with Gasteiger partial charge in [0, 0.05) is 13.1 Å². The van der Waals surface area contributed by atoms with Gasteiger partial charge in [-0.2, -0.15) is 0 Å². The zero-order valence-electron chi connectivity index (χ0n) is 8.99. The van der Waals surface area contributed by atoms with Crippen molar-refractivity contribution < 1.29 is 4.79 Å². The first kappa shape index (κ1) is 11.2. The van der Waals surface area contributed by atoms with E-state index in [4.69, 9.17) is 0 Å². The Morgan fingerprint density at radius 1 is 1.40 bits per heavy atom. The highest BCUT2D eigenvalue weighted by molar-refractivity contribution is 9.10. The van der Waals surface area contributed by atoms with E-state index >= 15 is 0 Å². The molecule has 1 saturated heterocycles. The summed E-state index contributed by atoms with van der Waals surface area (Å²) in [6, 6.07) is 0. The summed E-state index contributed by atoms with van der Waals surface area (Å²) in [7, 11) is 0. The van der Waals surface area contributed by atoms with Gasteiger partial charge in [-0.15, -0.1) is 0 Å². The van der Waals surface area contributed by atoms with Crippen molar-refractivity contribution in [2.24, 2.45) is 5.92 Å². The molecular formula is C12H18BrNO. The highest BCUT2D eigenvalue weighted by Crippen LogP contribution is 2.23.